The predicted octanol–water partition coefficient (Wildman–Crippen LogP) is 2.35. The molecule has 5 unspecified atom stereocenters. The van der Waals surface area contributed by atoms with Crippen LogP contribution in [0.4, 0.5) is 5.69 Å². The van der Waals surface area contributed by atoms with Crippen LogP contribution in [0.3, 0.4) is 0 Å². The molecular weight excluding hydrogens is 354 g/mol. The molecule has 3 N–H and O–H groups in total. The first-order valence-electron chi connectivity index (χ1n) is 10.6. The molecule has 0 aromatic heterocycles. The van der Waals surface area contributed by atoms with E-state index in [0.717, 1.165) is 50.8 Å². The van der Waals surface area contributed by atoms with Crippen LogP contribution >= 0.6 is 0 Å². The molecule has 6 heteroatoms. The number of likely N-dealkylation sites (tertiary alicyclic amines) is 1. The van der Waals surface area contributed by atoms with Crippen molar-refractivity contribution < 1.29 is 14.7 Å². The number of aliphatic hydroxyl groups excluding tert-OH is 1. The Morgan fingerprint density at radius 3 is 2.86 bits per heavy atom. The van der Waals surface area contributed by atoms with Gasteiger partial charge in [-0.25, -0.2) is 0 Å². The number of rotatable bonds is 1. The maximum Gasteiger partial charge on any atom is 0.255 e. The first kappa shape index (κ1) is 18.0. The number of fused-ring (bicyclic) bond motifs is 3. The van der Waals surface area contributed by atoms with Gasteiger partial charge in [0.05, 0.1) is 11.7 Å². The quantitative estimate of drug-likeness (QED) is 0.695. The SMILES string of the molecule is CC12CCC(CC1C(=O)N1CCCC(O)C1)C1(C2)NC(=O)c2ccccc2N1. The Kier molecular flexibility index (Phi) is 3.99. The fourth-order valence-corrected chi connectivity index (χ4v) is 6.20. The number of hydrogen-bond donors (Lipinski definition) is 3. The van der Waals surface area contributed by atoms with Crippen LogP contribution in [0.25, 0.3) is 0 Å². The van der Waals surface area contributed by atoms with Crippen molar-refractivity contribution in [3.05, 3.63) is 29.8 Å². The summed E-state index contributed by atoms with van der Waals surface area (Å²) < 4.78 is 0. The van der Waals surface area contributed by atoms with Crippen LogP contribution < -0.4 is 10.6 Å². The molecule has 150 valence electrons. The molecule has 1 aromatic carbocycles. The zero-order chi connectivity index (χ0) is 19.5. The lowest BCUT2D eigenvalue weighted by atomic mass is 9.51. The van der Waals surface area contributed by atoms with Crippen LogP contribution in [0.2, 0.25) is 0 Å². The molecule has 1 saturated heterocycles. The van der Waals surface area contributed by atoms with Crippen molar-refractivity contribution in [3.63, 3.8) is 0 Å². The highest BCUT2D eigenvalue weighted by molar-refractivity contribution is 6.02. The van der Waals surface area contributed by atoms with Gasteiger partial charge in [-0.2, -0.15) is 0 Å². The van der Waals surface area contributed by atoms with E-state index in [4.69, 9.17) is 0 Å². The number of anilines is 1. The Labute approximate surface area is 165 Å². The van der Waals surface area contributed by atoms with Gasteiger partial charge in [-0.05, 0) is 56.1 Å². The van der Waals surface area contributed by atoms with Crippen molar-refractivity contribution in [3.8, 4) is 0 Å². The molecule has 1 spiro atoms. The molecule has 2 aliphatic heterocycles. The number of carbonyl (C=O) groups is 2. The number of hydrogen-bond acceptors (Lipinski definition) is 4. The normalized spacial score (nSPS) is 39.3. The lowest BCUT2D eigenvalue weighted by Gasteiger charge is -2.61. The topological polar surface area (TPSA) is 81.7 Å². The van der Waals surface area contributed by atoms with Gasteiger partial charge in [0.2, 0.25) is 5.91 Å². The van der Waals surface area contributed by atoms with E-state index in [1.165, 1.54) is 0 Å². The first-order chi connectivity index (χ1) is 13.4. The molecule has 6 rings (SSSR count). The standard InChI is InChI=1S/C22H29N3O3/c1-21-9-8-14(11-17(21)20(28)25-10-4-5-15(26)12-25)22(13-21)23-18-7-3-2-6-16(18)19(27)24-22/h2-3,6-7,14-15,17,23,26H,4-5,8-13H2,1H3,(H,24,27). The lowest BCUT2D eigenvalue weighted by Crippen LogP contribution is -2.70. The molecular formula is C22H29N3O3. The van der Waals surface area contributed by atoms with E-state index < -0.39 is 11.8 Å². The number of nitrogens with zero attached hydrogens (tertiary/aromatic N) is 1. The molecule has 28 heavy (non-hydrogen) atoms. The third-order valence-corrected chi connectivity index (χ3v) is 7.68. The van der Waals surface area contributed by atoms with E-state index >= 15 is 0 Å². The Bertz CT molecular complexity index is 827. The highest BCUT2D eigenvalue weighted by Crippen LogP contribution is 2.58. The van der Waals surface area contributed by atoms with Crippen molar-refractivity contribution in [2.75, 3.05) is 18.4 Å². The number of β-amino-alcohol motifs (C(OH)–C–C–N with tert-alkyl or cyclic N) is 1. The molecule has 2 bridgehead atoms. The highest BCUT2D eigenvalue weighted by Gasteiger charge is 2.60. The molecule has 0 radical (unpaired) electrons. The minimum absolute atomic E-state index is 0.0208. The monoisotopic (exact) mass is 383 g/mol. The van der Waals surface area contributed by atoms with E-state index in [1.807, 2.05) is 29.2 Å². The number of aliphatic hydroxyl groups is 1. The van der Waals surface area contributed by atoms with Crippen LogP contribution in [0, 0.1) is 17.3 Å². The van der Waals surface area contributed by atoms with Crippen LogP contribution in [0.1, 0.15) is 55.8 Å². The van der Waals surface area contributed by atoms with E-state index in [1.54, 1.807) is 0 Å². The van der Waals surface area contributed by atoms with Gasteiger partial charge in [-0.1, -0.05) is 19.1 Å². The summed E-state index contributed by atoms with van der Waals surface area (Å²) >= 11 is 0. The maximum atomic E-state index is 13.3. The summed E-state index contributed by atoms with van der Waals surface area (Å²) in [6.45, 7) is 3.42. The van der Waals surface area contributed by atoms with Crippen LogP contribution in [-0.4, -0.2) is 46.7 Å². The predicted molar refractivity (Wildman–Crippen MR) is 106 cm³/mol. The van der Waals surface area contributed by atoms with Crippen molar-refractivity contribution in [2.45, 2.75) is 57.2 Å². The molecule has 4 fully saturated rings. The minimum atomic E-state index is -0.462. The molecule has 3 saturated carbocycles. The van der Waals surface area contributed by atoms with Gasteiger partial charge in [0.1, 0.15) is 5.66 Å². The summed E-state index contributed by atoms with van der Waals surface area (Å²) in [5.41, 5.74) is 0.969. The summed E-state index contributed by atoms with van der Waals surface area (Å²) in [5.74, 6) is 0.379. The average molecular weight is 383 g/mol. The minimum Gasteiger partial charge on any atom is -0.391 e. The third kappa shape index (κ3) is 2.65. The second kappa shape index (κ2) is 6.21. The summed E-state index contributed by atoms with van der Waals surface area (Å²) in [6.07, 6.45) is 4.83. The van der Waals surface area contributed by atoms with Crippen LogP contribution in [0.5, 0.6) is 0 Å². The van der Waals surface area contributed by atoms with Crippen molar-refractivity contribution >= 4 is 17.5 Å². The Morgan fingerprint density at radius 1 is 1.25 bits per heavy atom. The van der Waals surface area contributed by atoms with Gasteiger partial charge in [0, 0.05) is 30.6 Å². The Morgan fingerprint density at radius 2 is 2.07 bits per heavy atom. The lowest BCUT2D eigenvalue weighted by molar-refractivity contribution is -0.153. The number of para-hydroxylation sites is 1. The van der Waals surface area contributed by atoms with Gasteiger partial charge in [0.25, 0.3) is 5.91 Å². The second-order valence-electron chi connectivity index (χ2n) is 9.53. The summed E-state index contributed by atoms with van der Waals surface area (Å²) in [4.78, 5) is 28.0. The van der Waals surface area contributed by atoms with Crippen molar-refractivity contribution in [1.29, 1.82) is 0 Å². The molecule has 6 nitrogen and oxygen atoms in total. The molecule has 2 heterocycles. The fourth-order valence-electron chi connectivity index (χ4n) is 6.20. The number of piperidine rings is 1. The molecule has 1 aromatic rings. The molecule has 3 aliphatic carbocycles. The Balaban J connectivity index is 1.41. The zero-order valence-electron chi connectivity index (χ0n) is 16.4. The number of benzene rings is 1. The largest absolute Gasteiger partial charge is 0.391 e. The van der Waals surface area contributed by atoms with Crippen LogP contribution in [0.15, 0.2) is 24.3 Å². The summed E-state index contributed by atoms with van der Waals surface area (Å²) in [5, 5.41) is 16.9. The van der Waals surface area contributed by atoms with Gasteiger partial charge >= 0.3 is 0 Å². The summed E-state index contributed by atoms with van der Waals surface area (Å²) in [6, 6.07) is 7.66. The molecule has 2 amide bonds. The zero-order valence-corrected chi connectivity index (χ0v) is 16.4. The maximum absolute atomic E-state index is 13.3. The van der Waals surface area contributed by atoms with Gasteiger partial charge in [0.15, 0.2) is 0 Å². The Hall–Kier alpha value is -2.08. The van der Waals surface area contributed by atoms with Gasteiger partial charge in [-0.15, -0.1) is 0 Å². The van der Waals surface area contributed by atoms with Crippen molar-refractivity contribution in [1.82, 2.24) is 10.2 Å². The molecule has 5 aliphatic rings. The number of nitrogens with one attached hydrogen (secondary N) is 2. The van der Waals surface area contributed by atoms with E-state index in [9.17, 15) is 14.7 Å². The first-order valence-corrected chi connectivity index (χ1v) is 10.6. The van der Waals surface area contributed by atoms with E-state index in [0.29, 0.717) is 12.1 Å². The fraction of sp³-hybridized carbons (Fsp3) is 0.636. The molecule has 5 atom stereocenters. The third-order valence-electron chi connectivity index (χ3n) is 7.68. The van der Waals surface area contributed by atoms with Crippen LogP contribution in [-0.2, 0) is 4.79 Å². The number of carbonyl (C=O) groups excluding carboxylic acids is 2. The van der Waals surface area contributed by atoms with E-state index in [2.05, 4.69) is 17.6 Å². The second-order valence-corrected chi connectivity index (χ2v) is 9.53. The average Bonchev–Trinajstić information content (AvgIpc) is 2.67. The summed E-state index contributed by atoms with van der Waals surface area (Å²) in [7, 11) is 0. The van der Waals surface area contributed by atoms with Gasteiger partial charge in [-0.3, -0.25) is 9.59 Å². The smallest absolute Gasteiger partial charge is 0.255 e. The number of amides is 2. The van der Waals surface area contributed by atoms with Crippen molar-refractivity contribution in [2.24, 2.45) is 17.3 Å². The highest BCUT2D eigenvalue weighted by atomic mass is 16.3. The van der Waals surface area contributed by atoms with Gasteiger partial charge < -0.3 is 20.6 Å². The van der Waals surface area contributed by atoms with E-state index in [-0.39, 0.29) is 29.1 Å².